The molecule has 110 valence electrons. The van der Waals surface area contributed by atoms with Gasteiger partial charge in [0.15, 0.2) is 4.32 Å². The first kappa shape index (κ1) is 15.5. The average Bonchev–Trinajstić information content (AvgIpc) is 2.77. The Labute approximate surface area is 147 Å². The highest BCUT2D eigenvalue weighted by atomic mass is 79.9. The van der Waals surface area contributed by atoms with E-state index < -0.39 is 0 Å². The molecule has 0 saturated carbocycles. The van der Waals surface area contributed by atoms with E-state index >= 15 is 0 Å². The Hall–Kier alpha value is -1.43. The van der Waals surface area contributed by atoms with Gasteiger partial charge in [-0.05, 0) is 36.8 Å². The minimum absolute atomic E-state index is 0.0744. The van der Waals surface area contributed by atoms with Crippen molar-refractivity contribution < 1.29 is 4.79 Å². The number of thioether (sulfide) groups is 1. The van der Waals surface area contributed by atoms with Gasteiger partial charge in [-0.25, -0.2) is 0 Å². The van der Waals surface area contributed by atoms with E-state index in [1.54, 1.807) is 4.90 Å². The zero-order chi connectivity index (χ0) is 15.7. The maximum absolute atomic E-state index is 12.7. The highest BCUT2D eigenvalue weighted by Gasteiger charge is 2.33. The molecule has 0 aromatic heterocycles. The summed E-state index contributed by atoms with van der Waals surface area (Å²) in [5.41, 5.74) is 2.92. The van der Waals surface area contributed by atoms with Crippen molar-refractivity contribution in [3.63, 3.8) is 0 Å². The van der Waals surface area contributed by atoms with Crippen molar-refractivity contribution in [3.8, 4) is 0 Å². The lowest BCUT2D eigenvalue weighted by molar-refractivity contribution is -0.113. The maximum atomic E-state index is 12.7. The summed E-state index contributed by atoms with van der Waals surface area (Å²) < 4.78 is 1.52. The second-order valence-corrected chi connectivity index (χ2v) is 7.40. The van der Waals surface area contributed by atoms with Crippen molar-refractivity contribution in [2.75, 3.05) is 4.90 Å². The fourth-order valence-electron chi connectivity index (χ4n) is 2.12. The van der Waals surface area contributed by atoms with Crippen LogP contribution in [0.4, 0.5) is 5.69 Å². The smallest absolute Gasteiger partial charge is 0.268 e. The summed E-state index contributed by atoms with van der Waals surface area (Å²) in [6.45, 7) is 2.01. The van der Waals surface area contributed by atoms with Gasteiger partial charge in [0.2, 0.25) is 0 Å². The van der Waals surface area contributed by atoms with E-state index in [4.69, 9.17) is 12.2 Å². The fourth-order valence-corrected chi connectivity index (χ4v) is 3.81. The molecule has 0 atom stereocenters. The van der Waals surface area contributed by atoms with Crippen LogP contribution in [0.1, 0.15) is 11.1 Å². The minimum atomic E-state index is -0.0744. The van der Waals surface area contributed by atoms with E-state index in [0.29, 0.717) is 9.23 Å². The Balaban J connectivity index is 1.95. The Kier molecular flexibility index (Phi) is 4.47. The predicted octanol–water partition coefficient (Wildman–Crippen LogP) is 5.16. The highest BCUT2D eigenvalue weighted by molar-refractivity contribution is 9.10. The van der Waals surface area contributed by atoms with Crippen LogP contribution in [0.25, 0.3) is 6.08 Å². The van der Waals surface area contributed by atoms with Gasteiger partial charge in [0.1, 0.15) is 0 Å². The number of anilines is 1. The van der Waals surface area contributed by atoms with Gasteiger partial charge in [-0.15, -0.1) is 0 Å². The van der Waals surface area contributed by atoms with Crippen LogP contribution < -0.4 is 4.90 Å². The molecular formula is C17H12BrNOS2. The number of benzene rings is 2. The maximum Gasteiger partial charge on any atom is 0.270 e. The van der Waals surface area contributed by atoms with Crippen LogP contribution >= 0.6 is 39.9 Å². The van der Waals surface area contributed by atoms with E-state index in [0.717, 1.165) is 21.3 Å². The summed E-state index contributed by atoms with van der Waals surface area (Å²) >= 11 is 10.2. The number of thiocarbonyl (C=S) groups is 1. The first-order chi connectivity index (χ1) is 10.6. The molecule has 0 spiro atoms. The number of aryl methyl sites for hydroxylation is 1. The van der Waals surface area contributed by atoms with Crippen molar-refractivity contribution in [1.29, 1.82) is 0 Å². The summed E-state index contributed by atoms with van der Waals surface area (Å²) in [6, 6.07) is 15.6. The molecule has 0 radical (unpaired) electrons. The molecule has 1 saturated heterocycles. The van der Waals surface area contributed by atoms with Crippen LogP contribution in [0.2, 0.25) is 0 Å². The van der Waals surface area contributed by atoms with Crippen LogP contribution in [0, 0.1) is 6.92 Å². The predicted molar refractivity (Wildman–Crippen MR) is 101 cm³/mol. The van der Waals surface area contributed by atoms with Gasteiger partial charge in [-0.1, -0.05) is 75.8 Å². The van der Waals surface area contributed by atoms with Gasteiger partial charge in [0.25, 0.3) is 5.91 Å². The topological polar surface area (TPSA) is 20.3 Å². The number of rotatable bonds is 2. The first-order valence-electron chi connectivity index (χ1n) is 6.65. The average molecular weight is 390 g/mol. The number of carbonyl (C=O) groups is 1. The SMILES string of the molecule is Cc1ccc(N2C(=O)C(=Cc3ccccc3Br)SC2=S)cc1. The van der Waals surface area contributed by atoms with Gasteiger partial charge in [-0.2, -0.15) is 0 Å². The molecule has 0 aliphatic carbocycles. The van der Waals surface area contributed by atoms with Gasteiger partial charge in [-0.3, -0.25) is 9.69 Å². The van der Waals surface area contributed by atoms with Crippen LogP contribution in [0.5, 0.6) is 0 Å². The van der Waals surface area contributed by atoms with Gasteiger partial charge in [0, 0.05) is 4.47 Å². The monoisotopic (exact) mass is 389 g/mol. The quantitative estimate of drug-likeness (QED) is 0.522. The zero-order valence-electron chi connectivity index (χ0n) is 11.7. The molecule has 2 aromatic carbocycles. The lowest BCUT2D eigenvalue weighted by Gasteiger charge is -2.14. The van der Waals surface area contributed by atoms with E-state index in [1.165, 1.54) is 11.8 Å². The Morgan fingerprint density at radius 1 is 1.14 bits per heavy atom. The normalized spacial score (nSPS) is 16.6. The number of halogens is 1. The van der Waals surface area contributed by atoms with Crippen molar-refractivity contribution >= 4 is 61.9 Å². The highest BCUT2D eigenvalue weighted by Crippen LogP contribution is 2.36. The molecule has 1 aliphatic heterocycles. The summed E-state index contributed by atoms with van der Waals surface area (Å²) in [4.78, 5) is 14.9. The minimum Gasteiger partial charge on any atom is -0.268 e. The Morgan fingerprint density at radius 3 is 2.50 bits per heavy atom. The molecule has 5 heteroatoms. The van der Waals surface area contributed by atoms with Crippen LogP contribution in [-0.2, 0) is 4.79 Å². The van der Waals surface area contributed by atoms with Gasteiger partial charge < -0.3 is 0 Å². The molecule has 1 amide bonds. The molecule has 3 rings (SSSR count). The number of hydrogen-bond acceptors (Lipinski definition) is 3. The Morgan fingerprint density at radius 2 is 1.82 bits per heavy atom. The molecule has 1 heterocycles. The molecule has 2 nitrogen and oxygen atoms in total. The lowest BCUT2D eigenvalue weighted by atomic mass is 10.2. The molecule has 0 unspecified atom stereocenters. The number of carbonyl (C=O) groups excluding carboxylic acids is 1. The number of hydrogen-bond donors (Lipinski definition) is 0. The van der Waals surface area contributed by atoms with Crippen LogP contribution in [0.3, 0.4) is 0 Å². The molecule has 2 aromatic rings. The third kappa shape index (κ3) is 3.02. The van der Waals surface area contributed by atoms with Gasteiger partial charge >= 0.3 is 0 Å². The molecule has 22 heavy (non-hydrogen) atoms. The molecular weight excluding hydrogens is 378 g/mol. The molecule has 1 fully saturated rings. The van der Waals surface area contributed by atoms with Gasteiger partial charge in [0.05, 0.1) is 10.6 Å². The van der Waals surface area contributed by atoms with Crippen molar-refractivity contribution in [3.05, 3.63) is 69.0 Å². The summed E-state index contributed by atoms with van der Waals surface area (Å²) in [7, 11) is 0. The lowest BCUT2D eigenvalue weighted by Crippen LogP contribution is -2.27. The summed E-state index contributed by atoms with van der Waals surface area (Å²) in [5, 5.41) is 0. The van der Waals surface area contributed by atoms with Crippen LogP contribution in [-0.4, -0.2) is 10.2 Å². The second kappa shape index (κ2) is 6.36. The van der Waals surface area contributed by atoms with Crippen LogP contribution in [0.15, 0.2) is 57.9 Å². The van der Waals surface area contributed by atoms with Crippen molar-refractivity contribution in [2.24, 2.45) is 0 Å². The molecule has 0 N–H and O–H groups in total. The molecule has 1 aliphatic rings. The number of nitrogens with zero attached hydrogens (tertiary/aromatic N) is 1. The fraction of sp³-hybridized carbons (Fsp3) is 0.0588. The zero-order valence-corrected chi connectivity index (χ0v) is 15.0. The third-order valence-corrected chi connectivity index (χ3v) is 5.30. The second-order valence-electron chi connectivity index (χ2n) is 4.87. The summed E-state index contributed by atoms with van der Waals surface area (Å²) in [6.07, 6.45) is 1.87. The van der Waals surface area contributed by atoms with E-state index in [1.807, 2.05) is 61.5 Å². The standard InChI is InChI=1S/C17H12BrNOS2/c1-11-6-8-13(9-7-11)19-16(20)15(22-17(19)21)10-12-4-2-3-5-14(12)18/h2-10H,1H3. The van der Waals surface area contributed by atoms with E-state index in [9.17, 15) is 4.79 Å². The first-order valence-corrected chi connectivity index (χ1v) is 8.67. The third-order valence-electron chi connectivity index (χ3n) is 3.28. The molecule has 0 bridgehead atoms. The number of amides is 1. The van der Waals surface area contributed by atoms with Crippen molar-refractivity contribution in [1.82, 2.24) is 0 Å². The largest absolute Gasteiger partial charge is 0.270 e. The van der Waals surface area contributed by atoms with Crippen molar-refractivity contribution in [2.45, 2.75) is 6.92 Å². The Bertz CT molecular complexity index is 784. The van der Waals surface area contributed by atoms with E-state index in [-0.39, 0.29) is 5.91 Å². The van der Waals surface area contributed by atoms with E-state index in [2.05, 4.69) is 15.9 Å². The summed E-state index contributed by atoms with van der Waals surface area (Å²) in [5.74, 6) is -0.0744.